The van der Waals surface area contributed by atoms with Gasteiger partial charge < -0.3 is 4.74 Å². The van der Waals surface area contributed by atoms with Crippen LogP contribution in [0.4, 0.5) is 0 Å². The number of hydrogen-bond donors (Lipinski definition) is 1. The van der Waals surface area contributed by atoms with Crippen molar-refractivity contribution in [3.05, 3.63) is 46.5 Å². The van der Waals surface area contributed by atoms with Crippen LogP contribution in [0.2, 0.25) is 0 Å². The molecule has 1 aromatic carbocycles. The molecule has 2 aromatic heterocycles. The predicted octanol–water partition coefficient (Wildman–Crippen LogP) is 1.44. The van der Waals surface area contributed by atoms with Crippen LogP contribution in [0.5, 0.6) is 5.75 Å². The summed E-state index contributed by atoms with van der Waals surface area (Å²) in [4.78, 5) is 21.2. The molecule has 0 fully saturated rings. The monoisotopic (exact) mass is 285 g/mol. The molecule has 108 valence electrons. The molecule has 3 aromatic rings. The fourth-order valence-corrected chi connectivity index (χ4v) is 2.25. The van der Waals surface area contributed by atoms with Crippen LogP contribution in [0.1, 0.15) is 24.6 Å². The minimum absolute atomic E-state index is 0.145. The lowest BCUT2D eigenvalue weighted by atomic mass is 10.2. The molecule has 3 rings (SSSR count). The van der Waals surface area contributed by atoms with Crippen molar-refractivity contribution in [2.45, 2.75) is 19.9 Å². The fraction of sp³-hybridized carbons (Fsp3) is 0.286. The Balaban J connectivity index is 2.17. The highest BCUT2D eigenvalue weighted by molar-refractivity contribution is 5.83. The molecule has 0 aliphatic carbocycles. The van der Waals surface area contributed by atoms with Crippen molar-refractivity contribution in [1.29, 1.82) is 0 Å². The number of nitrogens with zero attached hydrogens (tertiary/aromatic N) is 4. The van der Waals surface area contributed by atoms with Gasteiger partial charge in [-0.3, -0.25) is 14.5 Å². The van der Waals surface area contributed by atoms with Gasteiger partial charge in [-0.1, -0.05) is 6.07 Å². The Kier molecular flexibility index (Phi) is 3.17. The van der Waals surface area contributed by atoms with Crippen LogP contribution in [-0.2, 0) is 0 Å². The molecule has 0 amide bonds. The zero-order chi connectivity index (χ0) is 15.0. The molecule has 1 N–H and O–H groups in total. The second-order valence-corrected chi connectivity index (χ2v) is 4.77. The molecule has 0 saturated carbocycles. The van der Waals surface area contributed by atoms with E-state index in [1.54, 1.807) is 25.3 Å². The maximum atomic E-state index is 12.6. The SMILES string of the molecule is COc1cccc2c(=O)n([C@H](C)c3n[nH]c(C)n3)cnc12. The van der Waals surface area contributed by atoms with Crippen LogP contribution < -0.4 is 10.3 Å². The molecule has 0 unspecified atom stereocenters. The second kappa shape index (κ2) is 5.01. The molecule has 0 saturated heterocycles. The van der Waals surface area contributed by atoms with Gasteiger partial charge in [0, 0.05) is 0 Å². The number of para-hydroxylation sites is 1. The first-order chi connectivity index (χ1) is 10.1. The summed E-state index contributed by atoms with van der Waals surface area (Å²) in [7, 11) is 1.56. The standard InChI is InChI=1S/C14H15N5O2/c1-8(13-16-9(2)17-18-13)19-7-15-12-10(14(19)20)5-4-6-11(12)21-3/h4-8H,1-3H3,(H,16,17,18)/t8-/m1/s1. The van der Waals surface area contributed by atoms with Gasteiger partial charge in [0.05, 0.1) is 24.9 Å². The van der Waals surface area contributed by atoms with Gasteiger partial charge in [-0.05, 0) is 26.0 Å². The van der Waals surface area contributed by atoms with Crippen LogP contribution >= 0.6 is 0 Å². The summed E-state index contributed by atoms with van der Waals surface area (Å²) in [6.45, 7) is 3.67. The van der Waals surface area contributed by atoms with Crippen molar-refractivity contribution in [2.75, 3.05) is 7.11 Å². The maximum absolute atomic E-state index is 12.6. The molecular formula is C14H15N5O2. The molecule has 0 radical (unpaired) electrons. The van der Waals surface area contributed by atoms with Crippen molar-refractivity contribution in [1.82, 2.24) is 24.7 Å². The first kappa shape index (κ1) is 13.3. The van der Waals surface area contributed by atoms with E-state index < -0.39 is 0 Å². The molecular weight excluding hydrogens is 270 g/mol. The Labute approximate surface area is 120 Å². The molecule has 2 heterocycles. The smallest absolute Gasteiger partial charge is 0.261 e. The number of aromatic nitrogens is 5. The molecule has 0 bridgehead atoms. The summed E-state index contributed by atoms with van der Waals surface area (Å²) < 4.78 is 6.75. The highest BCUT2D eigenvalue weighted by Gasteiger charge is 2.16. The van der Waals surface area contributed by atoms with E-state index in [-0.39, 0.29) is 11.6 Å². The summed E-state index contributed by atoms with van der Waals surface area (Å²) >= 11 is 0. The first-order valence-corrected chi connectivity index (χ1v) is 6.54. The van der Waals surface area contributed by atoms with Crippen LogP contribution in [-0.4, -0.2) is 31.8 Å². The third kappa shape index (κ3) is 2.16. The number of aromatic amines is 1. The van der Waals surface area contributed by atoms with E-state index in [0.717, 1.165) is 0 Å². The quantitative estimate of drug-likeness (QED) is 0.787. The summed E-state index contributed by atoms with van der Waals surface area (Å²) in [6.07, 6.45) is 1.50. The lowest BCUT2D eigenvalue weighted by Gasteiger charge is -2.12. The van der Waals surface area contributed by atoms with Gasteiger partial charge >= 0.3 is 0 Å². The molecule has 21 heavy (non-hydrogen) atoms. The Bertz CT molecular complexity index is 852. The minimum atomic E-state index is -0.300. The number of rotatable bonds is 3. The van der Waals surface area contributed by atoms with Gasteiger partial charge in [-0.2, -0.15) is 5.10 Å². The lowest BCUT2D eigenvalue weighted by Crippen LogP contribution is -2.25. The summed E-state index contributed by atoms with van der Waals surface area (Å²) in [6, 6.07) is 4.99. The molecule has 0 aliphatic heterocycles. The summed E-state index contributed by atoms with van der Waals surface area (Å²) in [5, 5.41) is 7.39. The number of H-pyrrole nitrogens is 1. The summed E-state index contributed by atoms with van der Waals surface area (Å²) in [5.41, 5.74) is 0.411. The van der Waals surface area contributed by atoms with E-state index in [0.29, 0.717) is 28.3 Å². The molecule has 0 aliphatic rings. The van der Waals surface area contributed by atoms with E-state index in [9.17, 15) is 4.79 Å². The minimum Gasteiger partial charge on any atom is -0.494 e. The van der Waals surface area contributed by atoms with Gasteiger partial charge in [0.25, 0.3) is 5.56 Å². The second-order valence-electron chi connectivity index (χ2n) is 4.77. The van der Waals surface area contributed by atoms with E-state index in [4.69, 9.17) is 4.74 Å². The van der Waals surface area contributed by atoms with E-state index in [2.05, 4.69) is 20.2 Å². The predicted molar refractivity (Wildman–Crippen MR) is 77.5 cm³/mol. The Hall–Kier alpha value is -2.70. The van der Waals surface area contributed by atoms with Crippen LogP contribution in [0.25, 0.3) is 10.9 Å². The van der Waals surface area contributed by atoms with Crippen molar-refractivity contribution in [3.63, 3.8) is 0 Å². The van der Waals surface area contributed by atoms with Crippen LogP contribution in [0.3, 0.4) is 0 Å². The number of benzene rings is 1. The molecule has 7 nitrogen and oxygen atoms in total. The van der Waals surface area contributed by atoms with Gasteiger partial charge in [0.15, 0.2) is 5.82 Å². The van der Waals surface area contributed by atoms with Crippen molar-refractivity contribution in [2.24, 2.45) is 0 Å². The lowest BCUT2D eigenvalue weighted by molar-refractivity contribution is 0.418. The topological polar surface area (TPSA) is 85.7 Å². The molecule has 0 spiro atoms. The van der Waals surface area contributed by atoms with Crippen LogP contribution in [0, 0.1) is 6.92 Å². The number of ether oxygens (including phenoxy) is 1. The third-order valence-corrected chi connectivity index (χ3v) is 3.40. The fourth-order valence-electron chi connectivity index (χ4n) is 2.25. The molecule has 1 atom stereocenters. The van der Waals surface area contributed by atoms with E-state index in [1.807, 2.05) is 13.8 Å². The van der Waals surface area contributed by atoms with E-state index in [1.165, 1.54) is 10.9 Å². The first-order valence-electron chi connectivity index (χ1n) is 6.54. The highest BCUT2D eigenvalue weighted by Crippen LogP contribution is 2.21. The third-order valence-electron chi connectivity index (χ3n) is 3.40. The number of fused-ring (bicyclic) bond motifs is 1. The van der Waals surface area contributed by atoms with Gasteiger partial charge in [-0.25, -0.2) is 9.97 Å². The Morgan fingerprint density at radius 1 is 1.38 bits per heavy atom. The molecule has 7 heteroatoms. The maximum Gasteiger partial charge on any atom is 0.261 e. The van der Waals surface area contributed by atoms with E-state index >= 15 is 0 Å². The average molecular weight is 285 g/mol. The van der Waals surface area contributed by atoms with Crippen molar-refractivity contribution >= 4 is 10.9 Å². The zero-order valence-corrected chi connectivity index (χ0v) is 12.0. The van der Waals surface area contributed by atoms with Gasteiger partial charge in [-0.15, -0.1) is 0 Å². The Morgan fingerprint density at radius 2 is 2.19 bits per heavy atom. The average Bonchev–Trinajstić information content (AvgIpc) is 2.93. The largest absolute Gasteiger partial charge is 0.494 e. The van der Waals surface area contributed by atoms with Gasteiger partial charge in [0.1, 0.15) is 17.1 Å². The number of methoxy groups -OCH3 is 1. The van der Waals surface area contributed by atoms with Crippen LogP contribution in [0.15, 0.2) is 29.3 Å². The number of aryl methyl sites for hydroxylation is 1. The normalized spacial score (nSPS) is 12.5. The zero-order valence-electron chi connectivity index (χ0n) is 12.0. The van der Waals surface area contributed by atoms with Gasteiger partial charge in [0.2, 0.25) is 0 Å². The number of nitrogens with one attached hydrogen (secondary N) is 1. The summed E-state index contributed by atoms with van der Waals surface area (Å²) in [5.74, 6) is 1.84. The number of hydrogen-bond acceptors (Lipinski definition) is 5. The van der Waals surface area contributed by atoms with Crippen molar-refractivity contribution < 1.29 is 4.74 Å². The van der Waals surface area contributed by atoms with Crippen molar-refractivity contribution in [3.8, 4) is 5.75 Å². The Morgan fingerprint density at radius 3 is 2.86 bits per heavy atom. The highest BCUT2D eigenvalue weighted by atomic mass is 16.5.